The zero-order chi connectivity index (χ0) is 11.4. The van der Waals surface area contributed by atoms with Crippen molar-refractivity contribution in [2.45, 2.75) is 19.8 Å². The standard InChI is InChI=1S/C14H18N2/c1-12-11-13(6-7-14(12)15)5-4-10-16-8-2-3-9-16/h6-7,11H,2-3,8-10,15H2,1H3. The molecule has 0 bridgehead atoms. The summed E-state index contributed by atoms with van der Waals surface area (Å²) in [5.41, 5.74) is 8.76. The van der Waals surface area contributed by atoms with Gasteiger partial charge in [0.15, 0.2) is 0 Å². The van der Waals surface area contributed by atoms with E-state index in [1.165, 1.54) is 25.9 Å². The second-order valence-corrected chi connectivity index (χ2v) is 4.36. The van der Waals surface area contributed by atoms with Crippen LogP contribution in [0.2, 0.25) is 0 Å². The van der Waals surface area contributed by atoms with Crippen LogP contribution in [0.5, 0.6) is 0 Å². The average Bonchev–Trinajstić information content (AvgIpc) is 2.76. The van der Waals surface area contributed by atoms with Crippen molar-refractivity contribution in [3.8, 4) is 11.8 Å². The molecule has 0 amide bonds. The summed E-state index contributed by atoms with van der Waals surface area (Å²) >= 11 is 0. The molecule has 0 aromatic heterocycles. The molecule has 84 valence electrons. The number of nitrogens with two attached hydrogens (primary N) is 1. The first-order chi connectivity index (χ1) is 7.75. The van der Waals surface area contributed by atoms with Crippen molar-refractivity contribution in [3.05, 3.63) is 29.3 Å². The molecule has 2 heteroatoms. The number of likely N-dealkylation sites (tertiary alicyclic amines) is 1. The lowest BCUT2D eigenvalue weighted by molar-refractivity contribution is 0.383. The fourth-order valence-electron chi connectivity index (χ4n) is 1.95. The number of hydrogen-bond acceptors (Lipinski definition) is 2. The Morgan fingerprint density at radius 3 is 2.75 bits per heavy atom. The molecular formula is C14H18N2. The summed E-state index contributed by atoms with van der Waals surface area (Å²) in [6.45, 7) is 5.31. The van der Waals surface area contributed by atoms with E-state index in [0.29, 0.717) is 0 Å². The number of nitrogens with zero attached hydrogens (tertiary/aromatic N) is 1. The molecule has 0 radical (unpaired) electrons. The van der Waals surface area contributed by atoms with E-state index in [0.717, 1.165) is 23.4 Å². The third-order valence-electron chi connectivity index (χ3n) is 3.00. The summed E-state index contributed by atoms with van der Waals surface area (Å²) in [6.07, 6.45) is 2.64. The van der Waals surface area contributed by atoms with Crippen molar-refractivity contribution < 1.29 is 0 Å². The first kappa shape index (κ1) is 11.0. The Balaban J connectivity index is 1.97. The molecular weight excluding hydrogens is 196 g/mol. The lowest BCUT2D eigenvalue weighted by Crippen LogP contribution is -2.18. The molecule has 1 heterocycles. The number of benzene rings is 1. The lowest BCUT2D eigenvalue weighted by Gasteiger charge is -2.08. The van der Waals surface area contributed by atoms with Gasteiger partial charge in [-0.2, -0.15) is 0 Å². The zero-order valence-corrected chi connectivity index (χ0v) is 9.79. The maximum absolute atomic E-state index is 5.76. The van der Waals surface area contributed by atoms with Gasteiger partial charge >= 0.3 is 0 Å². The first-order valence-electron chi connectivity index (χ1n) is 5.83. The molecule has 2 rings (SSSR count). The largest absolute Gasteiger partial charge is 0.399 e. The van der Waals surface area contributed by atoms with Crippen LogP contribution in [0.4, 0.5) is 5.69 Å². The van der Waals surface area contributed by atoms with E-state index in [-0.39, 0.29) is 0 Å². The Hall–Kier alpha value is -1.46. The third kappa shape index (κ3) is 2.77. The molecule has 2 N–H and O–H groups in total. The van der Waals surface area contributed by atoms with Gasteiger partial charge in [-0.3, -0.25) is 4.90 Å². The molecule has 1 aliphatic rings. The molecule has 16 heavy (non-hydrogen) atoms. The van der Waals surface area contributed by atoms with Crippen LogP contribution in [0.1, 0.15) is 24.0 Å². The van der Waals surface area contributed by atoms with E-state index < -0.39 is 0 Å². The molecule has 2 nitrogen and oxygen atoms in total. The van der Waals surface area contributed by atoms with Gasteiger partial charge in [0.25, 0.3) is 0 Å². The molecule has 0 unspecified atom stereocenters. The number of rotatable bonds is 1. The maximum Gasteiger partial charge on any atom is 0.0605 e. The Labute approximate surface area is 97.4 Å². The van der Waals surface area contributed by atoms with Gasteiger partial charge in [-0.15, -0.1) is 0 Å². The van der Waals surface area contributed by atoms with Crippen molar-refractivity contribution in [3.63, 3.8) is 0 Å². The summed E-state index contributed by atoms with van der Waals surface area (Å²) in [6, 6.07) is 5.96. The van der Waals surface area contributed by atoms with Crippen LogP contribution in [0.3, 0.4) is 0 Å². The highest BCUT2D eigenvalue weighted by Gasteiger charge is 2.08. The molecule has 0 atom stereocenters. The lowest BCUT2D eigenvalue weighted by atomic mass is 10.1. The Morgan fingerprint density at radius 2 is 2.06 bits per heavy atom. The number of anilines is 1. The van der Waals surface area contributed by atoms with Crippen molar-refractivity contribution in [1.82, 2.24) is 4.90 Å². The fraction of sp³-hybridized carbons (Fsp3) is 0.429. The highest BCUT2D eigenvalue weighted by Crippen LogP contribution is 2.11. The van der Waals surface area contributed by atoms with Gasteiger partial charge in [0.2, 0.25) is 0 Å². The molecule has 1 aliphatic heterocycles. The topological polar surface area (TPSA) is 29.3 Å². The monoisotopic (exact) mass is 214 g/mol. The van der Waals surface area contributed by atoms with E-state index in [2.05, 4.69) is 16.7 Å². The smallest absolute Gasteiger partial charge is 0.0605 e. The SMILES string of the molecule is Cc1cc(C#CCN2CCCC2)ccc1N. The Kier molecular flexibility index (Phi) is 3.48. The summed E-state index contributed by atoms with van der Waals surface area (Å²) in [5.74, 6) is 6.42. The predicted octanol–water partition coefficient (Wildman–Crippen LogP) is 2.02. The van der Waals surface area contributed by atoms with E-state index in [4.69, 9.17) is 5.73 Å². The van der Waals surface area contributed by atoms with Gasteiger partial charge in [0.05, 0.1) is 6.54 Å². The van der Waals surface area contributed by atoms with Crippen molar-refractivity contribution >= 4 is 5.69 Å². The van der Waals surface area contributed by atoms with Gasteiger partial charge in [-0.25, -0.2) is 0 Å². The fourth-order valence-corrected chi connectivity index (χ4v) is 1.95. The average molecular weight is 214 g/mol. The third-order valence-corrected chi connectivity index (χ3v) is 3.00. The minimum absolute atomic E-state index is 0.838. The normalized spacial score (nSPS) is 15.8. The number of aryl methyl sites for hydroxylation is 1. The molecule has 1 aromatic carbocycles. The van der Waals surface area contributed by atoms with Crippen LogP contribution in [0, 0.1) is 18.8 Å². The van der Waals surface area contributed by atoms with E-state index in [1.54, 1.807) is 0 Å². The second-order valence-electron chi connectivity index (χ2n) is 4.36. The van der Waals surface area contributed by atoms with Crippen molar-refractivity contribution in [2.75, 3.05) is 25.4 Å². The van der Waals surface area contributed by atoms with Gasteiger partial charge in [-0.05, 0) is 56.6 Å². The molecule has 0 saturated carbocycles. The predicted molar refractivity (Wildman–Crippen MR) is 68.1 cm³/mol. The zero-order valence-electron chi connectivity index (χ0n) is 9.79. The molecule has 1 saturated heterocycles. The van der Waals surface area contributed by atoms with Crippen LogP contribution < -0.4 is 5.73 Å². The summed E-state index contributed by atoms with van der Waals surface area (Å²) in [5, 5.41) is 0. The molecule has 1 aromatic rings. The van der Waals surface area contributed by atoms with E-state index >= 15 is 0 Å². The minimum Gasteiger partial charge on any atom is -0.399 e. The maximum atomic E-state index is 5.76. The van der Waals surface area contributed by atoms with Gasteiger partial charge in [0, 0.05) is 11.3 Å². The molecule has 0 aliphatic carbocycles. The summed E-state index contributed by atoms with van der Waals surface area (Å²) < 4.78 is 0. The van der Waals surface area contributed by atoms with E-state index in [1.807, 2.05) is 25.1 Å². The van der Waals surface area contributed by atoms with Gasteiger partial charge in [0.1, 0.15) is 0 Å². The Bertz CT molecular complexity index is 420. The van der Waals surface area contributed by atoms with Gasteiger partial charge < -0.3 is 5.73 Å². The second kappa shape index (κ2) is 5.05. The minimum atomic E-state index is 0.838. The summed E-state index contributed by atoms with van der Waals surface area (Å²) in [4.78, 5) is 2.40. The highest BCUT2D eigenvalue weighted by atomic mass is 15.1. The number of hydrogen-bond donors (Lipinski definition) is 1. The van der Waals surface area contributed by atoms with Crippen LogP contribution in [0.25, 0.3) is 0 Å². The van der Waals surface area contributed by atoms with Crippen LogP contribution >= 0.6 is 0 Å². The van der Waals surface area contributed by atoms with Crippen molar-refractivity contribution in [1.29, 1.82) is 0 Å². The van der Waals surface area contributed by atoms with Crippen molar-refractivity contribution in [2.24, 2.45) is 0 Å². The quantitative estimate of drug-likeness (QED) is 0.572. The van der Waals surface area contributed by atoms with Crippen LogP contribution in [-0.2, 0) is 0 Å². The highest BCUT2D eigenvalue weighted by molar-refractivity contribution is 5.51. The first-order valence-corrected chi connectivity index (χ1v) is 5.83. The van der Waals surface area contributed by atoms with E-state index in [9.17, 15) is 0 Å². The molecule has 0 spiro atoms. The summed E-state index contributed by atoms with van der Waals surface area (Å²) in [7, 11) is 0. The van der Waals surface area contributed by atoms with Crippen LogP contribution in [-0.4, -0.2) is 24.5 Å². The molecule has 1 fully saturated rings. The Morgan fingerprint density at radius 1 is 1.31 bits per heavy atom. The van der Waals surface area contributed by atoms with Gasteiger partial charge in [-0.1, -0.05) is 11.8 Å². The number of nitrogen functional groups attached to an aromatic ring is 1. The van der Waals surface area contributed by atoms with Crippen LogP contribution in [0.15, 0.2) is 18.2 Å².